The minimum atomic E-state index is -0.482. The van der Waals surface area contributed by atoms with Gasteiger partial charge in [0.1, 0.15) is 0 Å². The first-order chi connectivity index (χ1) is 8.50. The molecule has 0 aromatic heterocycles. The molecule has 0 bridgehead atoms. The summed E-state index contributed by atoms with van der Waals surface area (Å²) < 4.78 is 0. The summed E-state index contributed by atoms with van der Waals surface area (Å²) in [4.78, 5) is 14.0. The Morgan fingerprint density at radius 1 is 1.39 bits per heavy atom. The first-order valence-corrected chi connectivity index (χ1v) is 6.24. The summed E-state index contributed by atoms with van der Waals surface area (Å²) in [6.07, 6.45) is -0.482. The highest BCUT2D eigenvalue weighted by molar-refractivity contribution is 5.95. The summed E-state index contributed by atoms with van der Waals surface area (Å²) in [7, 11) is 1.75. The van der Waals surface area contributed by atoms with Gasteiger partial charge in [-0.1, -0.05) is 17.7 Å². The van der Waals surface area contributed by atoms with Crippen molar-refractivity contribution in [3.63, 3.8) is 0 Å². The number of nitrogens with one attached hydrogen (secondary N) is 1. The first kappa shape index (κ1) is 13.1. The topological polar surface area (TPSA) is 52.6 Å². The summed E-state index contributed by atoms with van der Waals surface area (Å²) in [6, 6.07) is 5.67. The molecule has 4 nitrogen and oxygen atoms in total. The third-order valence-corrected chi connectivity index (χ3v) is 3.58. The molecule has 4 heteroatoms. The van der Waals surface area contributed by atoms with Crippen LogP contribution in [0.4, 0.5) is 0 Å². The maximum Gasteiger partial charge on any atom is 0.254 e. The van der Waals surface area contributed by atoms with Crippen LogP contribution in [-0.4, -0.2) is 48.2 Å². The van der Waals surface area contributed by atoms with Gasteiger partial charge in [0.25, 0.3) is 5.91 Å². The van der Waals surface area contributed by atoms with Crippen molar-refractivity contribution in [3.8, 4) is 0 Å². The van der Waals surface area contributed by atoms with Gasteiger partial charge in [-0.25, -0.2) is 0 Å². The van der Waals surface area contributed by atoms with Crippen molar-refractivity contribution < 1.29 is 9.90 Å². The van der Waals surface area contributed by atoms with Crippen LogP contribution < -0.4 is 5.32 Å². The van der Waals surface area contributed by atoms with Crippen LogP contribution in [0.3, 0.4) is 0 Å². The van der Waals surface area contributed by atoms with Gasteiger partial charge in [-0.2, -0.15) is 0 Å². The molecular formula is C14H20N2O2. The number of aryl methyl sites for hydroxylation is 2. The molecule has 1 amide bonds. The molecule has 18 heavy (non-hydrogen) atoms. The molecule has 0 unspecified atom stereocenters. The number of hydrogen-bond donors (Lipinski definition) is 2. The van der Waals surface area contributed by atoms with Gasteiger partial charge >= 0.3 is 0 Å². The monoisotopic (exact) mass is 248 g/mol. The number of rotatable bonds is 2. The third-order valence-electron chi connectivity index (χ3n) is 3.58. The Morgan fingerprint density at radius 2 is 2.11 bits per heavy atom. The number of carbonyl (C=O) groups excluding carboxylic acids is 1. The highest BCUT2D eigenvalue weighted by atomic mass is 16.3. The highest BCUT2D eigenvalue weighted by Crippen LogP contribution is 2.16. The first-order valence-electron chi connectivity index (χ1n) is 6.24. The summed E-state index contributed by atoms with van der Waals surface area (Å²) in [5.74, 6) is -0.0275. The highest BCUT2D eigenvalue weighted by Gasteiger charge is 2.31. The Kier molecular flexibility index (Phi) is 3.68. The largest absolute Gasteiger partial charge is 0.390 e. The summed E-state index contributed by atoms with van der Waals surface area (Å²) in [5, 5.41) is 12.9. The minimum absolute atomic E-state index is 0.0275. The predicted molar refractivity (Wildman–Crippen MR) is 70.7 cm³/mol. The number of nitrogens with zero attached hydrogens (tertiary/aromatic N) is 1. The molecule has 1 aliphatic rings. The van der Waals surface area contributed by atoms with Crippen LogP contribution in [0.25, 0.3) is 0 Å². The van der Waals surface area contributed by atoms with Crippen LogP contribution in [0.1, 0.15) is 21.5 Å². The molecule has 1 aromatic carbocycles. The fraction of sp³-hybridized carbons (Fsp3) is 0.500. The van der Waals surface area contributed by atoms with Gasteiger partial charge in [0.05, 0.1) is 12.1 Å². The lowest BCUT2D eigenvalue weighted by Gasteiger charge is -2.27. The number of carbonyl (C=O) groups is 1. The summed E-state index contributed by atoms with van der Waals surface area (Å²) >= 11 is 0. The molecule has 1 saturated heterocycles. The van der Waals surface area contributed by atoms with E-state index >= 15 is 0 Å². The Morgan fingerprint density at radius 3 is 2.67 bits per heavy atom. The van der Waals surface area contributed by atoms with Gasteiger partial charge in [-0.3, -0.25) is 4.79 Å². The predicted octanol–water partition coefficient (Wildman–Crippen LogP) is 0.708. The van der Waals surface area contributed by atoms with E-state index in [0.29, 0.717) is 18.7 Å². The normalized spacial score (nSPS) is 23.1. The number of benzene rings is 1. The maximum absolute atomic E-state index is 12.4. The van der Waals surface area contributed by atoms with Crippen LogP contribution in [0.15, 0.2) is 18.2 Å². The van der Waals surface area contributed by atoms with Crippen molar-refractivity contribution in [2.45, 2.75) is 26.0 Å². The zero-order valence-electron chi connectivity index (χ0n) is 11.1. The second-order valence-electron chi connectivity index (χ2n) is 5.03. The van der Waals surface area contributed by atoms with E-state index < -0.39 is 6.10 Å². The van der Waals surface area contributed by atoms with E-state index in [9.17, 15) is 9.90 Å². The van der Waals surface area contributed by atoms with Crippen LogP contribution in [-0.2, 0) is 0 Å². The molecular weight excluding hydrogens is 228 g/mol. The standard InChI is InChI=1S/C14H20N2O2/c1-9-4-5-11(10(2)6-9)14(18)16(3)12-7-15-8-13(12)17/h4-6,12-13,15,17H,7-8H2,1-3H3/t12-,13-/m1/s1. The van der Waals surface area contributed by atoms with E-state index in [0.717, 1.165) is 11.1 Å². The van der Waals surface area contributed by atoms with Gasteiger partial charge in [-0.05, 0) is 25.5 Å². The smallest absolute Gasteiger partial charge is 0.254 e. The van der Waals surface area contributed by atoms with Gasteiger partial charge in [0, 0.05) is 25.7 Å². The second kappa shape index (κ2) is 5.08. The van der Waals surface area contributed by atoms with Crippen molar-refractivity contribution in [3.05, 3.63) is 34.9 Å². The van der Waals surface area contributed by atoms with Gasteiger partial charge in [-0.15, -0.1) is 0 Å². The molecule has 0 spiro atoms. The van der Waals surface area contributed by atoms with E-state index in [4.69, 9.17) is 0 Å². The van der Waals surface area contributed by atoms with E-state index in [2.05, 4.69) is 5.32 Å². The zero-order chi connectivity index (χ0) is 13.3. The Balaban J connectivity index is 2.20. The van der Waals surface area contributed by atoms with E-state index in [1.807, 2.05) is 32.0 Å². The number of aliphatic hydroxyl groups is 1. The number of likely N-dealkylation sites (N-methyl/N-ethyl adjacent to an activating group) is 1. The molecule has 1 fully saturated rings. The quantitative estimate of drug-likeness (QED) is 0.810. The van der Waals surface area contributed by atoms with Crippen LogP contribution in [0.5, 0.6) is 0 Å². The Hall–Kier alpha value is -1.39. The molecule has 0 saturated carbocycles. The molecule has 0 aliphatic carbocycles. The third kappa shape index (κ3) is 2.40. The Bertz CT molecular complexity index is 459. The molecule has 1 aliphatic heterocycles. The van der Waals surface area contributed by atoms with Gasteiger partial charge in [0.2, 0.25) is 0 Å². The van der Waals surface area contributed by atoms with Crippen LogP contribution in [0, 0.1) is 13.8 Å². The van der Waals surface area contributed by atoms with Crippen molar-refractivity contribution in [2.75, 3.05) is 20.1 Å². The zero-order valence-corrected chi connectivity index (χ0v) is 11.1. The van der Waals surface area contributed by atoms with E-state index in [1.54, 1.807) is 11.9 Å². The number of aliphatic hydroxyl groups excluding tert-OH is 1. The molecule has 1 heterocycles. The number of amides is 1. The fourth-order valence-corrected chi connectivity index (χ4v) is 2.44. The molecule has 2 atom stereocenters. The minimum Gasteiger partial charge on any atom is -0.390 e. The molecule has 98 valence electrons. The average Bonchev–Trinajstić information content (AvgIpc) is 2.74. The van der Waals surface area contributed by atoms with Crippen molar-refractivity contribution >= 4 is 5.91 Å². The van der Waals surface area contributed by atoms with Gasteiger partial charge < -0.3 is 15.3 Å². The Labute approximate surface area is 108 Å². The van der Waals surface area contributed by atoms with E-state index in [-0.39, 0.29) is 11.9 Å². The summed E-state index contributed by atoms with van der Waals surface area (Å²) in [6.45, 7) is 5.15. The molecule has 1 aromatic rings. The van der Waals surface area contributed by atoms with E-state index in [1.165, 1.54) is 0 Å². The van der Waals surface area contributed by atoms with Crippen molar-refractivity contribution in [2.24, 2.45) is 0 Å². The second-order valence-corrected chi connectivity index (χ2v) is 5.03. The average molecular weight is 248 g/mol. The van der Waals surface area contributed by atoms with Gasteiger partial charge in [0.15, 0.2) is 0 Å². The number of β-amino-alcohol motifs (C(OH)–C–C–N with tert-alkyl or cyclic N) is 1. The molecule has 2 N–H and O–H groups in total. The number of hydrogen-bond acceptors (Lipinski definition) is 3. The lowest BCUT2D eigenvalue weighted by molar-refractivity contribution is 0.0580. The molecule has 2 rings (SSSR count). The fourth-order valence-electron chi connectivity index (χ4n) is 2.44. The summed E-state index contributed by atoms with van der Waals surface area (Å²) in [5.41, 5.74) is 2.84. The SMILES string of the molecule is Cc1ccc(C(=O)N(C)[C@@H]2CNC[C@H]2O)c(C)c1. The lowest BCUT2D eigenvalue weighted by Crippen LogP contribution is -2.44. The van der Waals surface area contributed by atoms with Crippen molar-refractivity contribution in [1.29, 1.82) is 0 Å². The lowest BCUT2D eigenvalue weighted by atomic mass is 10.0. The van der Waals surface area contributed by atoms with Crippen LogP contribution >= 0.6 is 0 Å². The molecule has 0 radical (unpaired) electrons. The van der Waals surface area contributed by atoms with Crippen LogP contribution in [0.2, 0.25) is 0 Å². The van der Waals surface area contributed by atoms with Crippen molar-refractivity contribution in [1.82, 2.24) is 10.2 Å². The maximum atomic E-state index is 12.4.